The van der Waals surface area contributed by atoms with Crippen LogP contribution in [0.1, 0.15) is 37.5 Å². The van der Waals surface area contributed by atoms with Crippen LogP contribution >= 0.6 is 0 Å². The molecule has 0 aliphatic heterocycles. The zero-order valence-electron chi connectivity index (χ0n) is 12.9. The molecular weight excluding hydrogens is 258 g/mol. The summed E-state index contributed by atoms with van der Waals surface area (Å²) < 4.78 is 5.77. The standard InChI is InChI=1S/C19H21NO/c1-19(2,3)12-15-7-9-18(10-8-15)21-14-17-6-4-5-16(11-17)13-20/h4-11H,12,14H2,1-3H3. The van der Waals surface area contributed by atoms with Gasteiger partial charge < -0.3 is 4.74 Å². The highest BCUT2D eigenvalue weighted by Gasteiger charge is 2.10. The summed E-state index contributed by atoms with van der Waals surface area (Å²) in [7, 11) is 0. The highest BCUT2D eigenvalue weighted by molar-refractivity contribution is 5.33. The maximum Gasteiger partial charge on any atom is 0.119 e. The highest BCUT2D eigenvalue weighted by Crippen LogP contribution is 2.22. The number of hydrogen-bond acceptors (Lipinski definition) is 2. The van der Waals surface area contributed by atoms with Crippen LogP contribution < -0.4 is 4.74 Å². The maximum atomic E-state index is 8.88. The lowest BCUT2D eigenvalue weighted by Crippen LogP contribution is -2.08. The summed E-state index contributed by atoms with van der Waals surface area (Å²) in [6, 6.07) is 17.9. The minimum Gasteiger partial charge on any atom is -0.489 e. The second-order valence-corrected chi connectivity index (χ2v) is 6.48. The predicted octanol–water partition coefficient (Wildman–Crippen LogP) is 4.73. The number of rotatable bonds is 4. The molecule has 2 aromatic rings. The molecule has 0 atom stereocenters. The van der Waals surface area contributed by atoms with Gasteiger partial charge in [0.05, 0.1) is 11.6 Å². The van der Waals surface area contributed by atoms with Crippen molar-refractivity contribution in [3.05, 3.63) is 65.2 Å². The number of nitrogens with zero attached hydrogens (tertiary/aromatic N) is 1. The molecule has 0 heterocycles. The third-order valence-electron chi connectivity index (χ3n) is 3.12. The van der Waals surface area contributed by atoms with E-state index in [0.717, 1.165) is 17.7 Å². The smallest absolute Gasteiger partial charge is 0.119 e. The van der Waals surface area contributed by atoms with Crippen LogP contribution in [0.15, 0.2) is 48.5 Å². The van der Waals surface area contributed by atoms with E-state index < -0.39 is 0 Å². The Hall–Kier alpha value is -2.27. The van der Waals surface area contributed by atoms with Gasteiger partial charge in [0, 0.05) is 0 Å². The van der Waals surface area contributed by atoms with Gasteiger partial charge in [-0.15, -0.1) is 0 Å². The van der Waals surface area contributed by atoms with Crippen molar-refractivity contribution in [2.45, 2.75) is 33.8 Å². The molecule has 0 spiro atoms. The minimum absolute atomic E-state index is 0.292. The molecule has 0 radical (unpaired) electrons. The van der Waals surface area contributed by atoms with Crippen molar-refractivity contribution in [1.29, 1.82) is 5.26 Å². The normalized spacial score (nSPS) is 11.0. The van der Waals surface area contributed by atoms with E-state index >= 15 is 0 Å². The Bertz CT molecular complexity index is 630. The van der Waals surface area contributed by atoms with Gasteiger partial charge in [-0.1, -0.05) is 45.0 Å². The zero-order chi connectivity index (χ0) is 15.3. The fourth-order valence-electron chi connectivity index (χ4n) is 2.21. The maximum absolute atomic E-state index is 8.88. The van der Waals surface area contributed by atoms with Crippen LogP contribution in [0.4, 0.5) is 0 Å². The van der Waals surface area contributed by atoms with Crippen molar-refractivity contribution in [3.63, 3.8) is 0 Å². The van der Waals surface area contributed by atoms with E-state index in [1.807, 2.05) is 30.3 Å². The lowest BCUT2D eigenvalue weighted by atomic mass is 9.88. The van der Waals surface area contributed by atoms with Crippen LogP contribution in [0.2, 0.25) is 0 Å². The Morgan fingerprint density at radius 1 is 1.00 bits per heavy atom. The Morgan fingerprint density at radius 3 is 2.33 bits per heavy atom. The molecule has 21 heavy (non-hydrogen) atoms. The van der Waals surface area contributed by atoms with Crippen molar-refractivity contribution in [1.82, 2.24) is 0 Å². The van der Waals surface area contributed by atoms with Gasteiger partial charge in [0.1, 0.15) is 12.4 Å². The Morgan fingerprint density at radius 2 is 1.71 bits per heavy atom. The van der Waals surface area contributed by atoms with Crippen molar-refractivity contribution >= 4 is 0 Å². The third kappa shape index (κ3) is 4.96. The van der Waals surface area contributed by atoms with Crippen molar-refractivity contribution < 1.29 is 4.74 Å². The molecule has 2 rings (SSSR count). The lowest BCUT2D eigenvalue weighted by molar-refractivity contribution is 0.306. The fourth-order valence-corrected chi connectivity index (χ4v) is 2.21. The predicted molar refractivity (Wildman–Crippen MR) is 85.1 cm³/mol. The summed E-state index contributed by atoms with van der Waals surface area (Å²) in [5, 5.41) is 8.88. The molecule has 108 valence electrons. The largest absolute Gasteiger partial charge is 0.489 e. The molecule has 0 aliphatic rings. The quantitative estimate of drug-likeness (QED) is 0.810. The van der Waals surface area contributed by atoms with Gasteiger partial charge in [0.15, 0.2) is 0 Å². The molecule has 2 aromatic carbocycles. The summed E-state index contributed by atoms with van der Waals surface area (Å²) >= 11 is 0. The van der Waals surface area contributed by atoms with Crippen LogP contribution in [-0.2, 0) is 13.0 Å². The topological polar surface area (TPSA) is 33.0 Å². The molecule has 2 heteroatoms. The highest BCUT2D eigenvalue weighted by atomic mass is 16.5. The summed E-state index contributed by atoms with van der Waals surface area (Å²) in [4.78, 5) is 0. The van der Waals surface area contributed by atoms with Crippen LogP contribution in [-0.4, -0.2) is 0 Å². The van der Waals surface area contributed by atoms with E-state index in [-0.39, 0.29) is 0 Å². The summed E-state index contributed by atoms with van der Waals surface area (Å²) in [5.41, 5.74) is 3.28. The van der Waals surface area contributed by atoms with Crippen molar-refractivity contribution in [3.8, 4) is 11.8 Å². The second kappa shape index (κ2) is 6.45. The van der Waals surface area contributed by atoms with E-state index in [1.165, 1.54) is 5.56 Å². The molecule has 0 fully saturated rings. The van der Waals surface area contributed by atoms with Gasteiger partial charge in [-0.05, 0) is 47.2 Å². The molecule has 0 saturated heterocycles. The Labute approximate surface area is 127 Å². The van der Waals surface area contributed by atoms with Gasteiger partial charge in [-0.25, -0.2) is 0 Å². The SMILES string of the molecule is CC(C)(C)Cc1ccc(OCc2cccc(C#N)c2)cc1. The molecule has 0 saturated carbocycles. The second-order valence-electron chi connectivity index (χ2n) is 6.48. The first-order chi connectivity index (χ1) is 9.96. The first kappa shape index (κ1) is 15.1. The van der Waals surface area contributed by atoms with Crippen molar-refractivity contribution in [2.24, 2.45) is 5.41 Å². The van der Waals surface area contributed by atoms with Gasteiger partial charge in [0.25, 0.3) is 0 Å². The van der Waals surface area contributed by atoms with Crippen molar-refractivity contribution in [2.75, 3.05) is 0 Å². The van der Waals surface area contributed by atoms with E-state index in [9.17, 15) is 0 Å². The van der Waals surface area contributed by atoms with Crippen LogP contribution in [0, 0.1) is 16.7 Å². The summed E-state index contributed by atoms with van der Waals surface area (Å²) in [5.74, 6) is 0.856. The molecule has 0 bridgehead atoms. The van der Waals surface area contributed by atoms with E-state index in [1.54, 1.807) is 6.07 Å². The zero-order valence-corrected chi connectivity index (χ0v) is 12.9. The summed E-state index contributed by atoms with van der Waals surface area (Å²) in [6.07, 6.45) is 1.05. The molecular formula is C19H21NO. The number of hydrogen-bond donors (Lipinski definition) is 0. The monoisotopic (exact) mass is 279 g/mol. The van der Waals surface area contributed by atoms with Crippen LogP contribution in [0.3, 0.4) is 0 Å². The molecule has 0 aromatic heterocycles. The average molecular weight is 279 g/mol. The van der Waals surface area contributed by atoms with Gasteiger partial charge >= 0.3 is 0 Å². The average Bonchev–Trinajstić information content (AvgIpc) is 2.45. The van der Waals surface area contributed by atoms with E-state index in [2.05, 4.69) is 39.0 Å². The van der Waals surface area contributed by atoms with Gasteiger partial charge in [-0.3, -0.25) is 0 Å². The van der Waals surface area contributed by atoms with Gasteiger partial charge in [-0.2, -0.15) is 5.26 Å². The fraction of sp³-hybridized carbons (Fsp3) is 0.316. The number of benzene rings is 2. The van der Waals surface area contributed by atoms with Crippen LogP contribution in [0.5, 0.6) is 5.75 Å². The van der Waals surface area contributed by atoms with Crippen LogP contribution in [0.25, 0.3) is 0 Å². The third-order valence-corrected chi connectivity index (χ3v) is 3.12. The molecule has 0 N–H and O–H groups in total. The molecule has 0 aliphatic carbocycles. The Balaban J connectivity index is 1.96. The Kier molecular flexibility index (Phi) is 4.65. The number of ether oxygens (including phenoxy) is 1. The molecule has 0 amide bonds. The lowest BCUT2D eigenvalue weighted by Gasteiger charge is -2.18. The molecule has 0 unspecified atom stereocenters. The van der Waals surface area contributed by atoms with Gasteiger partial charge in [0.2, 0.25) is 0 Å². The van der Waals surface area contributed by atoms with E-state index in [4.69, 9.17) is 10.00 Å². The molecule has 2 nitrogen and oxygen atoms in total. The first-order valence-electron chi connectivity index (χ1n) is 7.17. The van der Waals surface area contributed by atoms with E-state index in [0.29, 0.717) is 17.6 Å². The minimum atomic E-state index is 0.292. The first-order valence-corrected chi connectivity index (χ1v) is 7.17. The summed E-state index contributed by atoms with van der Waals surface area (Å²) in [6.45, 7) is 7.19. The number of nitriles is 1.